The van der Waals surface area contributed by atoms with Gasteiger partial charge in [0, 0.05) is 23.7 Å². The molecule has 0 aliphatic carbocycles. The van der Waals surface area contributed by atoms with Crippen LogP contribution in [0.1, 0.15) is 22.5 Å². The molecule has 0 spiro atoms. The number of benzene rings is 1. The predicted octanol–water partition coefficient (Wildman–Crippen LogP) is 1.74. The van der Waals surface area contributed by atoms with Crippen molar-refractivity contribution in [3.05, 3.63) is 65.2 Å². The molecule has 0 bridgehead atoms. The highest BCUT2D eigenvalue weighted by atomic mass is 15.3. The molecule has 5 heteroatoms. The zero-order chi connectivity index (χ0) is 16.4. The van der Waals surface area contributed by atoms with Crippen LogP contribution < -0.4 is 5.46 Å². The van der Waals surface area contributed by atoms with Crippen molar-refractivity contribution in [2.75, 3.05) is 0 Å². The van der Waals surface area contributed by atoms with E-state index < -0.39 is 0 Å². The fourth-order valence-electron chi connectivity index (χ4n) is 2.86. The van der Waals surface area contributed by atoms with Crippen molar-refractivity contribution in [1.82, 2.24) is 14.8 Å². The van der Waals surface area contributed by atoms with Crippen LogP contribution in [0.2, 0.25) is 0 Å². The van der Waals surface area contributed by atoms with Crippen molar-refractivity contribution in [2.45, 2.75) is 20.4 Å². The Labute approximate surface area is 136 Å². The first kappa shape index (κ1) is 15.0. The average Bonchev–Trinajstić information content (AvgIpc) is 2.81. The van der Waals surface area contributed by atoms with E-state index in [9.17, 15) is 0 Å². The van der Waals surface area contributed by atoms with E-state index in [1.165, 1.54) is 0 Å². The van der Waals surface area contributed by atoms with E-state index in [-0.39, 0.29) is 0 Å². The minimum Gasteiger partial charge on any atom is -0.265 e. The first-order valence-electron chi connectivity index (χ1n) is 7.53. The first-order valence-corrected chi connectivity index (χ1v) is 7.53. The summed E-state index contributed by atoms with van der Waals surface area (Å²) in [6.07, 6.45) is 3.73. The SMILES string of the molecule is Bc1cncc(Cn2nc(C)c(-c3ccc(C#N)cc3)c2C)c1. The number of hydrogen-bond acceptors (Lipinski definition) is 3. The molecular formula is C18H17BN4. The van der Waals surface area contributed by atoms with Gasteiger partial charge >= 0.3 is 0 Å². The highest BCUT2D eigenvalue weighted by Gasteiger charge is 2.13. The maximum absolute atomic E-state index is 8.93. The fourth-order valence-corrected chi connectivity index (χ4v) is 2.86. The van der Waals surface area contributed by atoms with Crippen LogP contribution in [-0.2, 0) is 6.54 Å². The van der Waals surface area contributed by atoms with Gasteiger partial charge in [0.1, 0.15) is 7.85 Å². The second-order valence-corrected chi connectivity index (χ2v) is 5.76. The Morgan fingerprint density at radius 3 is 2.57 bits per heavy atom. The summed E-state index contributed by atoms with van der Waals surface area (Å²) in [6, 6.07) is 11.9. The van der Waals surface area contributed by atoms with Crippen molar-refractivity contribution >= 4 is 13.3 Å². The van der Waals surface area contributed by atoms with Crippen LogP contribution in [0.4, 0.5) is 0 Å². The summed E-state index contributed by atoms with van der Waals surface area (Å²) in [5, 5.41) is 13.6. The molecule has 112 valence electrons. The quantitative estimate of drug-likeness (QED) is 0.692. The molecule has 0 aliphatic rings. The van der Waals surface area contributed by atoms with Gasteiger partial charge in [0.25, 0.3) is 0 Å². The largest absolute Gasteiger partial charge is 0.265 e. The summed E-state index contributed by atoms with van der Waals surface area (Å²) in [7, 11) is 2.04. The van der Waals surface area contributed by atoms with Gasteiger partial charge in [-0.3, -0.25) is 9.67 Å². The summed E-state index contributed by atoms with van der Waals surface area (Å²) in [5.74, 6) is 0. The average molecular weight is 300 g/mol. The number of nitrogens with zero attached hydrogens (tertiary/aromatic N) is 4. The van der Waals surface area contributed by atoms with E-state index in [1.807, 2.05) is 56.1 Å². The number of rotatable bonds is 3. The minimum absolute atomic E-state index is 0.669. The molecule has 3 aromatic rings. The number of nitriles is 1. The van der Waals surface area contributed by atoms with Crippen molar-refractivity contribution < 1.29 is 0 Å². The monoisotopic (exact) mass is 300 g/mol. The molecule has 1 aromatic carbocycles. The molecule has 3 rings (SSSR count). The van der Waals surface area contributed by atoms with Crippen LogP contribution >= 0.6 is 0 Å². The van der Waals surface area contributed by atoms with Crippen molar-refractivity contribution in [3.8, 4) is 17.2 Å². The third-order valence-corrected chi connectivity index (χ3v) is 3.95. The second kappa shape index (κ2) is 6.09. The molecule has 2 aromatic heterocycles. The van der Waals surface area contributed by atoms with Gasteiger partial charge in [-0.2, -0.15) is 10.4 Å². The van der Waals surface area contributed by atoms with Gasteiger partial charge < -0.3 is 0 Å². The van der Waals surface area contributed by atoms with E-state index in [0.717, 1.165) is 33.5 Å². The molecule has 0 aliphatic heterocycles. The zero-order valence-electron chi connectivity index (χ0n) is 13.5. The van der Waals surface area contributed by atoms with Crippen LogP contribution in [0.15, 0.2) is 42.7 Å². The highest BCUT2D eigenvalue weighted by Crippen LogP contribution is 2.27. The molecule has 0 fully saturated rings. The lowest BCUT2D eigenvalue weighted by atomic mass is 9.97. The minimum atomic E-state index is 0.669. The molecular weight excluding hydrogens is 283 g/mol. The fraction of sp³-hybridized carbons (Fsp3) is 0.167. The predicted molar refractivity (Wildman–Crippen MR) is 93.4 cm³/mol. The molecule has 0 unspecified atom stereocenters. The Kier molecular flexibility index (Phi) is 3.99. The molecule has 0 radical (unpaired) electrons. The van der Waals surface area contributed by atoms with Crippen LogP contribution in [0.25, 0.3) is 11.1 Å². The van der Waals surface area contributed by atoms with Gasteiger partial charge in [0.2, 0.25) is 0 Å². The Balaban J connectivity index is 1.97. The van der Waals surface area contributed by atoms with Crippen molar-refractivity contribution in [2.24, 2.45) is 0 Å². The Hall–Kier alpha value is -2.87. The molecule has 4 nitrogen and oxygen atoms in total. The van der Waals surface area contributed by atoms with Crippen molar-refractivity contribution in [3.63, 3.8) is 0 Å². The molecule has 0 amide bonds. The summed E-state index contributed by atoms with van der Waals surface area (Å²) in [6.45, 7) is 4.81. The van der Waals surface area contributed by atoms with E-state index >= 15 is 0 Å². The first-order chi connectivity index (χ1) is 11.1. The molecule has 23 heavy (non-hydrogen) atoms. The molecule has 0 N–H and O–H groups in total. The number of aryl methyl sites for hydroxylation is 1. The third kappa shape index (κ3) is 3.02. The summed E-state index contributed by atoms with van der Waals surface area (Å²) in [5.41, 5.74) is 7.30. The lowest BCUT2D eigenvalue weighted by Crippen LogP contribution is -2.09. The normalized spacial score (nSPS) is 10.5. The zero-order valence-corrected chi connectivity index (χ0v) is 13.5. The van der Waals surface area contributed by atoms with E-state index in [2.05, 4.69) is 29.1 Å². The van der Waals surface area contributed by atoms with Crippen LogP contribution in [0.3, 0.4) is 0 Å². The van der Waals surface area contributed by atoms with Gasteiger partial charge in [-0.05, 0) is 37.1 Å². The summed E-state index contributed by atoms with van der Waals surface area (Å²) in [4.78, 5) is 4.24. The maximum atomic E-state index is 8.93. The van der Waals surface area contributed by atoms with Gasteiger partial charge in [-0.15, -0.1) is 0 Å². The Bertz CT molecular complexity index is 888. The van der Waals surface area contributed by atoms with Gasteiger partial charge in [-0.1, -0.05) is 23.7 Å². The third-order valence-electron chi connectivity index (χ3n) is 3.95. The van der Waals surface area contributed by atoms with Gasteiger partial charge in [-0.25, -0.2) is 0 Å². The summed E-state index contributed by atoms with van der Waals surface area (Å²) >= 11 is 0. The van der Waals surface area contributed by atoms with E-state index in [1.54, 1.807) is 0 Å². The molecule has 0 saturated heterocycles. The topological polar surface area (TPSA) is 54.5 Å². The van der Waals surface area contributed by atoms with Crippen molar-refractivity contribution in [1.29, 1.82) is 5.26 Å². The van der Waals surface area contributed by atoms with Crippen LogP contribution in [0.5, 0.6) is 0 Å². The number of aromatic nitrogens is 3. The second-order valence-electron chi connectivity index (χ2n) is 5.76. The lowest BCUT2D eigenvalue weighted by molar-refractivity contribution is 0.658. The maximum Gasteiger partial charge on any atom is 0.141 e. The van der Waals surface area contributed by atoms with E-state index in [4.69, 9.17) is 5.26 Å². The Morgan fingerprint density at radius 2 is 1.91 bits per heavy atom. The smallest absolute Gasteiger partial charge is 0.141 e. The lowest BCUT2D eigenvalue weighted by Gasteiger charge is -2.06. The standard InChI is InChI=1S/C18H17BN4/c1-12-18(16-5-3-14(8-20)4-6-16)13(2)23(22-12)11-15-7-17(19)10-21-9-15/h3-7,9-10H,11,19H2,1-2H3. The number of pyridine rings is 1. The highest BCUT2D eigenvalue weighted by molar-refractivity contribution is 6.32. The summed E-state index contributed by atoms with van der Waals surface area (Å²) < 4.78 is 2.01. The van der Waals surface area contributed by atoms with Gasteiger partial charge in [0.05, 0.1) is 23.9 Å². The van der Waals surface area contributed by atoms with Crippen LogP contribution in [0, 0.1) is 25.2 Å². The molecule has 2 heterocycles. The van der Waals surface area contributed by atoms with E-state index in [0.29, 0.717) is 12.1 Å². The van der Waals surface area contributed by atoms with Gasteiger partial charge in [0.15, 0.2) is 0 Å². The Morgan fingerprint density at radius 1 is 1.17 bits per heavy atom. The molecule has 0 atom stereocenters. The number of hydrogen-bond donors (Lipinski definition) is 0. The van der Waals surface area contributed by atoms with Crippen LogP contribution in [-0.4, -0.2) is 22.6 Å². The molecule has 0 saturated carbocycles.